The molecule has 0 rings (SSSR count). The van der Waals surface area contributed by atoms with Crippen molar-refractivity contribution in [1.29, 1.82) is 0 Å². The first-order chi connectivity index (χ1) is 3.35. The summed E-state index contributed by atoms with van der Waals surface area (Å²) in [6.07, 6.45) is 0. The maximum atomic E-state index is 4.71. The Bertz CT molecular complexity index is 38.5. The molecule has 0 saturated heterocycles. The summed E-state index contributed by atoms with van der Waals surface area (Å²) in [7, 11) is 3.31. The Balaban J connectivity index is -0.000000180. The van der Waals surface area contributed by atoms with E-state index in [-0.39, 0.29) is 12.3 Å². The third-order valence-electron chi connectivity index (χ3n) is 0.500. The van der Waals surface area contributed by atoms with Crippen LogP contribution in [-0.2, 0) is 13.3 Å². The molecular weight excluding hydrogens is 140 g/mol. The fraction of sp³-hybridized carbons (Fsp3) is 1.00. The van der Waals surface area contributed by atoms with Gasteiger partial charge in [0.15, 0.2) is 0 Å². The summed E-state index contributed by atoms with van der Waals surface area (Å²) in [6, 6.07) is 0. The van der Waals surface area contributed by atoms with Gasteiger partial charge >= 0.3 is 9.53 Å². The van der Waals surface area contributed by atoms with Crippen molar-refractivity contribution in [3.63, 3.8) is 0 Å². The molecule has 0 aliphatic carbocycles. The number of rotatable bonds is 3. The van der Waals surface area contributed by atoms with E-state index in [0.29, 0.717) is 0 Å². The van der Waals surface area contributed by atoms with Crippen LogP contribution in [0.1, 0.15) is 0 Å². The molecule has 0 bridgehead atoms. The molecule has 0 spiro atoms. The van der Waals surface area contributed by atoms with Gasteiger partial charge in [-0.25, -0.2) is 0 Å². The Morgan fingerprint density at radius 1 is 0.778 bits per heavy atom. The fourth-order valence-corrected chi connectivity index (χ4v) is 0.750. The second-order valence-corrected chi connectivity index (χ2v) is 2.59. The highest BCUT2D eigenvalue weighted by atomic mass is 28.3. The molecule has 59 valence electrons. The predicted molar refractivity (Wildman–Crippen MR) is 36.8 cm³/mol. The zero-order chi connectivity index (χ0) is 5.70. The normalized spacial score (nSPS) is 8.00. The molecule has 0 aliphatic heterocycles. The monoisotopic (exact) mass is 155 g/mol. The molecule has 0 aliphatic rings. The molecular formula is C3H15N2O3Si. The van der Waals surface area contributed by atoms with Crippen LogP contribution in [-0.4, -0.2) is 30.9 Å². The van der Waals surface area contributed by atoms with E-state index >= 15 is 0 Å². The maximum Gasteiger partial charge on any atom is 0.576 e. The van der Waals surface area contributed by atoms with Gasteiger partial charge in [-0.1, -0.05) is 0 Å². The predicted octanol–water partition coefficient (Wildman–Crippen LogP) is 0.234. The number of hydrogen-bond acceptors (Lipinski definition) is 5. The van der Waals surface area contributed by atoms with Crippen LogP contribution in [0.15, 0.2) is 0 Å². The summed E-state index contributed by atoms with van der Waals surface area (Å²) in [6.45, 7) is 0. The van der Waals surface area contributed by atoms with Crippen molar-refractivity contribution in [1.82, 2.24) is 12.3 Å². The molecule has 0 aromatic carbocycles. The molecule has 5 nitrogen and oxygen atoms in total. The van der Waals surface area contributed by atoms with Crippen molar-refractivity contribution in [3.05, 3.63) is 0 Å². The van der Waals surface area contributed by atoms with Crippen LogP contribution in [0.3, 0.4) is 0 Å². The maximum absolute atomic E-state index is 4.71. The Morgan fingerprint density at radius 3 is 1.00 bits per heavy atom. The van der Waals surface area contributed by atoms with Crippen molar-refractivity contribution in [2.45, 2.75) is 0 Å². The van der Waals surface area contributed by atoms with E-state index in [1.165, 1.54) is 0 Å². The molecule has 0 unspecified atom stereocenters. The molecule has 0 fully saturated rings. The Morgan fingerprint density at radius 2 is 1.00 bits per heavy atom. The lowest BCUT2D eigenvalue weighted by Gasteiger charge is -2.02. The van der Waals surface area contributed by atoms with Gasteiger partial charge in [0.1, 0.15) is 0 Å². The lowest BCUT2D eigenvalue weighted by molar-refractivity contribution is 0.163. The van der Waals surface area contributed by atoms with Gasteiger partial charge in [0.2, 0.25) is 0 Å². The van der Waals surface area contributed by atoms with Crippen LogP contribution in [0, 0.1) is 0 Å². The Labute approximate surface area is 57.4 Å². The topological polar surface area (TPSA) is 97.7 Å². The van der Waals surface area contributed by atoms with Crippen molar-refractivity contribution >= 4 is 9.53 Å². The smallest absolute Gasteiger partial charge is 0.375 e. The van der Waals surface area contributed by atoms with Gasteiger partial charge in [0.05, 0.1) is 0 Å². The summed E-state index contributed by atoms with van der Waals surface area (Å²) in [5.41, 5.74) is 0. The van der Waals surface area contributed by atoms with Crippen molar-refractivity contribution in [2.24, 2.45) is 0 Å². The highest BCUT2D eigenvalue weighted by Gasteiger charge is 2.09. The lowest BCUT2D eigenvalue weighted by atomic mass is 11.8. The second kappa shape index (κ2) is 10.9. The molecule has 0 saturated carbocycles. The standard InChI is InChI=1S/C3H9O3Si.2H3N/c1-4-7(5-2)6-3;;/h1-3H3;2*1H3. The molecule has 0 amide bonds. The van der Waals surface area contributed by atoms with Crippen molar-refractivity contribution in [2.75, 3.05) is 21.3 Å². The van der Waals surface area contributed by atoms with E-state index in [1.54, 1.807) is 21.3 Å². The first kappa shape index (κ1) is 16.0. The minimum Gasteiger partial charge on any atom is -0.375 e. The largest absolute Gasteiger partial charge is 0.576 e. The van der Waals surface area contributed by atoms with Gasteiger partial charge in [0, 0.05) is 21.3 Å². The molecule has 0 aromatic rings. The van der Waals surface area contributed by atoms with Crippen LogP contribution >= 0.6 is 0 Å². The SMILES string of the molecule is CO[Si](OC)OC.N.N. The number of hydrogen-bond donors (Lipinski definition) is 2. The summed E-state index contributed by atoms with van der Waals surface area (Å²) < 4.78 is 14.1. The molecule has 6 N–H and O–H groups in total. The van der Waals surface area contributed by atoms with Gasteiger partial charge in [-0.15, -0.1) is 0 Å². The first-order valence-electron chi connectivity index (χ1n) is 1.84. The third-order valence-corrected chi connectivity index (χ3v) is 1.50. The highest BCUT2D eigenvalue weighted by molar-refractivity contribution is 6.36. The highest BCUT2D eigenvalue weighted by Crippen LogP contribution is 1.81. The van der Waals surface area contributed by atoms with Gasteiger partial charge < -0.3 is 25.6 Å². The van der Waals surface area contributed by atoms with Gasteiger partial charge in [0.25, 0.3) is 0 Å². The molecule has 0 aromatic heterocycles. The quantitative estimate of drug-likeness (QED) is 0.569. The van der Waals surface area contributed by atoms with Crippen LogP contribution in [0.25, 0.3) is 0 Å². The van der Waals surface area contributed by atoms with E-state index < -0.39 is 9.53 Å². The van der Waals surface area contributed by atoms with Crippen molar-refractivity contribution in [3.8, 4) is 0 Å². The summed E-state index contributed by atoms with van der Waals surface area (Å²) in [4.78, 5) is 0. The molecule has 0 heterocycles. The summed E-state index contributed by atoms with van der Waals surface area (Å²) >= 11 is 0. The van der Waals surface area contributed by atoms with Crippen LogP contribution < -0.4 is 12.3 Å². The zero-order valence-corrected chi connectivity index (χ0v) is 7.14. The zero-order valence-electron chi connectivity index (χ0n) is 6.14. The summed E-state index contributed by atoms with van der Waals surface area (Å²) in [5.74, 6) is 0. The second-order valence-electron chi connectivity index (χ2n) is 0.862. The minimum absolute atomic E-state index is 0. The first-order valence-corrected chi connectivity index (χ1v) is 3.06. The molecule has 0 atom stereocenters. The molecule has 9 heavy (non-hydrogen) atoms. The van der Waals surface area contributed by atoms with E-state index in [2.05, 4.69) is 0 Å². The van der Waals surface area contributed by atoms with Crippen LogP contribution in [0.4, 0.5) is 0 Å². The van der Waals surface area contributed by atoms with E-state index in [0.717, 1.165) is 0 Å². The van der Waals surface area contributed by atoms with Crippen molar-refractivity contribution < 1.29 is 13.3 Å². The van der Waals surface area contributed by atoms with E-state index in [4.69, 9.17) is 13.3 Å². The molecule has 1 radical (unpaired) electrons. The lowest BCUT2D eigenvalue weighted by Crippen LogP contribution is -2.21. The summed E-state index contributed by atoms with van der Waals surface area (Å²) in [5, 5.41) is 0. The Kier molecular flexibility index (Phi) is 19.4. The molecule has 6 heteroatoms. The minimum atomic E-state index is -1.36. The fourth-order valence-electron chi connectivity index (χ4n) is 0.250. The Hall–Kier alpha value is 0.0169. The van der Waals surface area contributed by atoms with E-state index in [1.807, 2.05) is 0 Å². The third kappa shape index (κ3) is 8.02. The van der Waals surface area contributed by atoms with E-state index in [9.17, 15) is 0 Å². The van der Waals surface area contributed by atoms with Crippen LogP contribution in [0.2, 0.25) is 0 Å². The van der Waals surface area contributed by atoms with Gasteiger partial charge in [-0.05, 0) is 0 Å². The average molecular weight is 155 g/mol. The van der Waals surface area contributed by atoms with Crippen LogP contribution in [0.5, 0.6) is 0 Å². The average Bonchev–Trinajstić information content (AvgIpc) is 1.72. The van der Waals surface area contributed by atoms with Gasteiger partial charge in [-0.3, -0.25) is 0 Å². The van der Waals surface area contributed by atoms with Gasteiger partial charge in [-0.2, -0.15) is 0 Å².